The number of carboxylic acids is 1. The molecule has 0 aliphatic heterocycles. The van der Waals surface area contributed by atoms with Crippen LogP contribution in [0.2, 0.25) is 0 Å². The molecule has 0 saturated heterocycles. The number of sulfonamides is 1. The van der Waals surface area contributed by atoms with Crippen LogP contribution in [0.5, 0.6) is 5.75 Å². The van der Waals surface area contributed by atoms with Crippen molar-refractivity contribution >= 4 is 33.4 Å². The Labute approximate surface area is 183 Å². The Balaban J connectivity index is 1.74. The lowest BCUT2D eigenvalue weighted by molar-refractivity contribution is -0.137. The lowest BCUT2D eigenvalue weighted by atomic mass is 10.2. The summed E-state index contributed by atoms with van der Waals surface area (Å²) in [7, 11) is -3.84. The van der Waals surface area contributed by atoms with Crippen molar-refractivity contribution < 1.29 is 23.1 Å². The number of carbonyl (C=O) groups is 1. The number of aliphatic carboxylic acids is 1. The molecule has 0 aliphatic carbocycles. The van der Waals surface area contributed by atoms with Crippen LogP contribution in [0.15, 0.2) is 52.5 Å². The molecule has 3 rings (SSSR count). The number of rotatable bonds is 10. The van der Waals surface area contributed by atoms with E-state index in [1.165, 1.54) is 28.6 Å². The second-order valence-electron chi connectivity index (χ2n) is 6.51. The fourth-order valence-electron chi connectivity index (χ4n) is 2.74. The summed E-state index contributed by atoms with van der Waals surface area (Å²) in [5, 5.41) is 20.7. The molecule has 0 saturated carbocycles. The predicted octanol–water partition coefficient (Wildman–Crippen LogP) is 2.74. The number of benzene rings is 2. The number of carboxylic acid groups (broad SMARTS) is 1. The van der Waals surface area contributed by atoms with Crippen molar-refractivity contribution in [3.63, 3.8) is 0 Å². The Morgan fingerprint density at radius 1 is 1.26 bits per heavy atom. The van der Waals surface area contributed by atoms with Crippen molar-refractivity contribution in [1.82, 2.24) is 20.2 Å². The third kappa shape index (κ3) is 5.73. The lowest BCUT2D eigenvalue weighted by Crippen LogP contribution is -2.13. The van der Waals surface area contributed by atoms with E-state index in [1.807, 2.05) is 6.26 Å². The van der Waals surface area contributed by atoms with Crippen LogP contribution >= 0.6 is 11.8 Å². The number of ether oxygens (including phenoxy) is 1. The Morgan fingerprint density at radius 3 is 2.77 bits per heavy atom. The highest BCUT2D eigenvalue weighted by molar-refractivity contribution is 7.98. The van der Waals surface area contributed by atoms with Crippen LogP contribution in [0.25, 0.3) is 5.69 Å². The number of hydrogen-bond acceptors (Lipinski definition) is 8. The van der Waals surface area contributed by atoms with Gasteiger partial charge in [0.25, 0.3) is 10.0 Å². The molecule has 0 spiro atoms. The van der Waals surface area contributed by atoms with Gasteiger partial charge in [-0.2, -0.15) is 4.68 Å². The molecular weight excluding hydrogens is 442 g/mol. The molecule has 0 radical (unpaired) electrons. The summed E-state index contributed by atoms with van der Waals surface area (Å²) < 4.78 is 35.3. The minimum Gasteiger partial charge on any atom is -0.493 e. The van der Waals surface area contributed by atoms with E-state index in [2.05, 4.69) is 20.2 Å². The van der Waals surface area contributed by atoms with Crippen LogP contribution in [0.1, 0.15) is 18.4 Å². The molecule has 2 aromatic carbocycles. The van der Waals surface area contributed by atoms with Gasteiger partial charge < -0.3 is 9.84 Å². The van der Waals surface area contributed by atoms with Gasteiger partial charge in [-0.05, 0) is 72.0 Å². The van der Waals surface area contributed by atoms with Crippen molar-refractivity contribution in [2.75, 3.05) is 17.6 Å². The number of aromatic nitrogens is 4. The van der Waals surface area contributed by atoms with Gasteiger partial charge in [0.2, 0.25) is 5.16 Å². The standard InChI is InChI=1S/C19H21N5O5S2/c1-13-11-16(8-9-17(13)29-10-4-7-18(25)26)31(27,28)21-14-5-3-6-15(12-14)24-19(30-2)20-22-23-24/h3,5-6,8-9,11-12,21H,4,7,10H2,1-2H3,(H,25,26). The molecule has 1 heterocycles. The van der Waals surface area contributed by atoms with Crippen LogP contribution in [0.4, 0.5) is 5.69 Å². The highest BCUT2D eigenvalue weighted by atomic mass is 32.2. The van der Waals surface area contributed by atoms with Crippen molar-refractivity contribution in [2.45, 2.75) is 29.8 Å². The molecule has 0 amide bonds. The highest BCUT2D eigenvalue weighted by Crippen LogP contribution is 2.25. The molecular formula is C19H21N5O5S2. The van der Waals surface area contributed by atoms with E-state index in [-0.39, 0.29) is 17.9 Å². The number of aryl methyl sites for hydroxylation is 1. The van der Waals surface area contributed by atoms with E-state index in [1.54, 1.807) is 37.3 Å². The average Bonchev–Trinajstić information content (AvgIpc) is 3.20. The van der Waals surface area contributed by atoms with E-state index in [9.17, 15) is 13.2 Å². The molecule has 0 fully saturated rings. The van der Waals surface area contributed by atoms with Crippen molar-refractivity contribution in [1.29, 1.82) is 0 Å². The minimum absolute atomic E-state index is 0.0115. The Bertz CT molecular complexity index is 1180. The lowest BCUT2D eigenvalue weighted by Gasteiger charge is -2.13. The van der Waals surface area contributed by atoms with Gasteiger partial charge in [-0.3, -0.25) is 9.52 Å². The fraction of sp³-hybridized carbons (Fsp3) is 0.263. The number of thioether (sulfide) groups is 1. The molecule has 3 aromatic rings. The zero-order chi connectivity index (χ0) is 22.4. The van der Waals surface area contributed by atoms with Crippen LogP contribution in [-0.4, -0.2) is 52.6 Å². The third-order valence-electron chi connectivity index (χ3n) is 4.22. The number of anilines is 1. The summed E-state index contributed by atoms with van der Waals surface area (Å²) in [4.78, 5) is 10.6. The first-order valence-corrected chi connectivity index (χ1v) is 11.9. The highest BCUT2D eigenvalue weighted by Gasteiger charge is 2.17. The zero-order valence-electron chi connectivity index (χ0n) is 16.8. The first-order valence-electron chi connectivity index (χ1n) is 9.21. The Hall–Kier alpha value is -3.12. The van der Waals surface area contributed by atoms with Gasteiger partial charge in [0.05, 0.1) is 22.9 Å². The van der Waals surface area contributed by atoms with Crippen molar-refractivity contribution in [2.24, 2.45) is 0 Å². The molecule has 164 valence electrons. The molecule has 0 atom stereocenters. The van der Waals surface area contributed by atoms with Gasteiger partial charge >= 0.3 is 5.97 Å². The van der Waals surface area contributed by atoms with Crippen LogP contribution in [0, 0.1) is 6.92 Å². The monoisotopic (exact) mass is 463 g/mol. The van der Waals surface area contributed by atoms with Gasteiger partial charge in [-0.25, -0.2) is 8.42 Å². The first-order chi connectivity index (χ1) is 14.8. The molecule has 0 unspecified atom stereocenters. The Morgan fingerprint density at radius 2 is 2.06 bits per heavy atom. The van der Waals surface area contributed by atoms with Gasteiger partial charge in [0, 0.05) is 6.42 Å². The predicted molar refractivity (Wildman–Crippen MR) is 115 cm³/mol. The van der Waals surface area contributed by atoms with Gasteiger partial charge in [0.15, 0.2) is 0 Å². The summed E-state index contributed by atoms with van der Waals surface area (Å²) in [6.45, 7) is 1.97. The SMILES string of the molecule is CSc1nnnn1-c1cccc(NS(=O)(=O)c2ccc(OCCCC(=O)O)c(C)c2)c1. The number of tetrazole rings is 1. The summed E-state index contributed by atoms with van der Waals surface area (Å²) >= 11 is 1.37. The van der Waals surface area contributed by atoms with E-state index in [0.29, 0.717) is 34.3 Å². The summed E-state index contributed by atoms with van der Waals surface area (Å²) in [5.41, 5.74) is 1.62. The number of nitrogens with one attached hydrogen (secondary N) is 1. The summed E-state index contributed by atoms with van der Waals surface area (Å²) in [6.07, 6.45) is 2.22. The van der Waals surface area contributed by atoms with E-state index >= 15 is 0 Å². The van der Waals surface area contributed by atoms with Crippen molar-refractivity contribution in [3.05, 3.63) is 48.0 Å². The number of nitrogens with zero attached hydrogens (tertiary/aromatic N) is 4. The number of hydrogen-bond donors (Lipinski definition) is 2. The molecule has 0 bridgehead atoms. The maximum absolute atomic E-state index is 12.9. The largest absolute Gasteiger partial charge is 0.493 e. The zero-order valence-corrected chi connectivity index (χ0v) is 18.5. The summed E-state index contributed by atoms with van der Waals surface area (Å²) in [5.74, 6) is -0.378. The smallest absolute Gasteiger partial charge is 0.303 e. The molecule has 1 aromatic heterocycles. The second-order valence-corrected chi connectivity index (χ2v) is 8.96. The quantitative estimate of drug-likeness (QED) is 0.343. The van der Waals surface area contributed by atoms with E-state index in [4.69, 9.17) is 9.84 Å². The summed E-state index contributed by atoms with van der Waals surface area (Å²) in [6, 6.07) is 11.3. The molecule has 12 heteroatoms. The van der Waals surface area contributed by atoms with E-state index < -0.39 is 16.0 Å². The average molecular weight is 464 g/mol. The normalized spacial score (nSPS) is 11.3. The van der Waals surface area contributed by atoms with Gasteiger partial charge in [0.1, 0.15) is 5.75 Å². The molecule has 31 heavy (non-hydrogen) atoms. The topological polar surface area (TPSA) is 136 Å². The van der Waals surface area contributed by atoms with Crippen LogP contribution < -0.4 is 9.46 Å². The molecule has 2 N–H and O–H groups in total. The maximum atomic E-state index is 12.9. The van der Waals surface area contributed by atoms with Crippen molar-refractivity contribution in [3.8, 4) is 11.4 Å². The molecule has 10 nitrogen and oxygen atoms in total. The Kier molecular flexibility index (Phi) is 7.13. The van der Waals surface area contributed by atoms with Crippen LogP contribution in [-0.2, 0) is 14.8 Å². The van der Waals surface area contributed by atoms with Crippen LogP contribution in [0.3, 0.4) is 0 Å². The van der Waals surface area contributed by atoms with Gasteiger partial charge in [-0.1, -0.05) is 17.8 Å². The minimum atomic E-state index is -3.84. The van der Waals surface area contributed by atoms with E-state index in [0.717, 1.165) is 0 Å². The maximum Gasteiger partial charge on any atom is 0.303 e. The van der Waals surface area contributed by atoms with Gasteiger partial charge in [-0.15, -0.1) is 5.10 Å². The first kappa shape index (κ1) is 22.6. The second kappa shape index (κ2) is 9.79. The third-order valence-corrected chi connectivity index (χ3v) is 6.21. The molecule has 0 aliphatic rings. The fourth-order valence-corrected chi connectivity index (χ4v) is 4.31.